The van der Waals surface area contributed by atoms with E-state index in [1.807, 2.05) is 0 Å². The van der Waals surface area contributed by atoms with E-state index in [1.165, 1.54) is 0 Å². The molecule has 3 nitrogen and oxygen atoms in total. The van der Waals surface area contributed by atoms with Crippen LogP contribution in [0.2, 0.25) is 5.02 Å². The summed E-state index contributed by atoms with van der Waals surface area (Å²) in [7, 11) is 0. The van der Waals surface area contributed by atoms with E-state index in [0.717, 1.165) is 6.07 Å². The lowest BCUT2D eigenvalue weighted by Crippen LogP contribution is -2.05. The van der Waals surface area contributed by atoms with E-state index < -0.39 is 22.4 Å². The summed E-state index contributed by atoms with van der Waals surface area (Å²) in [4.78, 5) is 9.29. The first-order chi connectivity index (χ1) is 6.32. The number of hydrogen-bond donors (Lipinski definition) is 0. The number of nitro groups is 1. The van der Waals surface area contributed by atoms with Crippen molar-refractivity contribution in [1.29, 1.82) is 0 Å². The summed E-state index contributed by atoms with van der Waals surface area (Å²) in [6, 6.07) is 1.94. The largest absolute Gasteiger partial charge is 0.416 e. The van der Waals surface area contributed by atoms with Crippen LogP contribution in [0.15, 0.2) is 18.2 Å². The highest BCUT2D eigenvalue weighted by Gasteiger charge is 2.32. The molecule has 0 radical (unpaired) electrons. The van der Waals surface area contributed by atoms with Gasteiger partial charge < -0.3 is 0 Å². The SMILES string of the molecule is Cl.O=[N+]([O-])c1cc(C(F)(F)F)ccc1Cl. The fourth-order valence-corrected chi connectivity index (χ4v) is 1.02. The number of benzene rings is 1. The zero-order chi connectivity index (χ0) is 10.9. The Morgan fingerprint density at radius 2 is 1.87 bits per heavy atom. The third-order valence-corrected chi connectivity index (χ3v) is 1.79. The molecule has 0 fully saturated rings. The molecule has 1 aromatic carbocycles. The zero-order valence-corrected chi connectivity index (χ0v) is 8.49. The molecule has 0 saturated heterocycles. The molecule has 1 rings (SSSR count). The van der Waals surface area contributed by atoms with Gasteiger partial charge in [-0.05, 0) is 12.1 Å². The molecular weight excluding hydrogens is 258 g/mol. The molecule has 0 aliphatic heterocycles. The first kappa shape index (κ1) is 14.0. The molecule has 0 aromatic heterocycles. The van der Waals surface area contributed by atoms with Crippen LogP contribution in [-0.4, -0.2) is 4.92 Å². The first-order valence-corrected chi connectivity index (χ1v) is 3.71. The van der Waals surface area contributed by atoms with Crippen LogP contribution in [0.3, 0.4) is 0 Å². The summed E-state index contributed by atoms with van der Waals surface area (Å²) in [5, 5.41) is 9.94. The van der Waals surface area contributed by atoms with Crippen molar-refractivity contribution in [3.63, 3.8) is 0 Å². The minimum atomic E-state index is -4.60. The Morgan fingerprint density at radius 1 is 1.33 bits per heavy atom. The minimum absolute atomic E-state index is 0. The lowest BCUT2D eigenvalue weighted by atomic mass is 10.2. The fourth-order valence-electron chi connectivity index (χ4n) is 0.829. The highest BCUT2D eigenvalue weighted by atomic mass is 35.5. The molecule has 8 heteroatoms. The predicted molar refractivity (Wildman–Crippen MR) is 50.4 cm³/mol. The van der Waals surface area contributed by atoms with Crippen molar-refractivity contribution in [3.05, 3.63) is 38.9 Å². The Labute approximate surface area is 93.4 Å². The van der Waals surface area contributed by atoms with Gasteiger partial charge in [0.15, 0.2) is 0 Å². The minimum Gasteiger partial charge on any atom is -0.258 e. The summed E-state index contributed by atoms with van der Waals surface area (Å²) in [5.41, 5.74) is -1.84. The maximum absolute atomic E-state index is 12.1. The molecule has 0 spiro atoms. The van der Waals surface area contributed by atoms with Gasteiger partial charge in [0.05, 0.1) is 10.5 Å². The van der Waals surface area contributed by atoms with Gasteiger partial charge in [0.2, 0.25) is 0 Å². The van der Waals surface area contributed by atoms with Crippen molar-refractivity contribution in [1.82, 2.24) is 0 Å². The molecule has 84 valence electrons. The summed E-state index contributed by atoms with van der Waals surface area (Å²) in [6.45, 7) is 0. The highest BCUT2D eigenvalue weighted by Crippen LogP contribution is 2.34. The maximum atomic E-state index is 12.1. The monoisotopic (exact) mass is 261 g/mol. The summed E-state index contributed by atoms with van der Waals surface area (Å²) in [5.74, 6) is 0. The highest BCUT2D eigenvalue weighted by molar-refractivity contribution is 6.32. The van der Waals surface area contributed by atoms with Crippen LogP contribution in [0.4, 0.5) is 18.9 Å². The molecule has 0 bridgehead atoms. The van der Waals surface area contributed by atoms with Crippen molar-refractivity contribution in [2.24, 2.45) is 0 Å². The van der Waals surface area contributed by atoms with Gasteiger partial charge in [-0.15, -0.1) is 12.4 Å². The quantitative estimate of drug-likeness (QED) is 0.572. The molecule has 0 aliphatic carbocycles. The van der Waals surface area contributed by atoms with Crippen LogP contribution in [-0.2, 0) is 6.18 Å². The van der Waals surface area contributed by atoms with Crippen molar-refractivity contribution in [2.75, 3.05) is 0 Å². The zero-order valence-electron chi connectivity index (χ0n) is 6.92. The lowest BCUT2D eigenvalue weighted by molar-refractivity contribution is -0.385. The number of nitrogens with zero attached hydrogens (tertiary/aromatic N) is 1. The van der Waals surface area contributed by atoms with Gasteiger partial charge in [-0.3, -0.25) is 10.1 Å². The molecule has 0 amide bonds. The van der Waals surface area contributed by atoms with Crippen LogP contribution >= 0.6 is 24.0 Å². The molecule has 1 aromatic rings. The van der Waals surface area contributed by atoms with Crippen molar-refractivity contribution in [2.45, 2.75) is 6.18 Å². The molecule has 0 saturated carbocycles. The Kier molecular flexibility index (Phi) is 4.36. The number of rotatable bonds is 1. The Hall–Kier alpha value is -1.01. The van der Waals surface area contributed by atoms with Crippen molar-refractivity contribution < 1.29 is 18.1 Å². The van der Waals surface area contributed by atoms with Gasteiger partial charge in [-0.25, -0.2) is 0 Å². The van der Waals surface area contributed by atoms with E-state index in [1.54, 1.807) is 0 Å². The van der Waals surface area contributed by atoms with Crippen LogP contribution in [0.1, 0.15) is 5.56 Å². The third kappa shape index (κ3) is 3.24. The molecule has 0 atom stereocenters. The second kappa shape index (κ2) is 4.67. The van der Waals surface area contributed by atoms with Crippen LogP contribution < -0.4 is 0 Å². The van der Waals surface area contributed by atoms with Crippen LogP contribution in [0, 0.1) is 10.1 Å². The molecule has 0 heterocycles. The van der Waals surface area contributed by atoms with E-state index in [2.05, 4.69) is 0 Å². The molecule has 0 aliphatic rings. The van der Waals surface area contributed by atoms with Gasteiger partial charge in [-0.2, -0.15) is 13.2 Å². The van der Waals surface area contributed by atoms with E-state index in [0.29, 0.717) is 12.1 Å². The van der Waals surface area contributed by atoms with E-state index in [4.69, 9.17) is 11.6 Å². The maximum Gasteiger partial charge on any atom is 0.416 e. The Morgan fingerprint density at radius 3 is 2.27 bits per heavy atom. The van der Waals surface area contributed by atoms with E-state index in [-0.39, 0.29) is 17.4 Å². The Bertz CT molecular complexity index is 381. The average molecular weight is 262 g/mol. The fraction of sp³-hybridized carbons (Fsp3) is 0.143. The van der Waals surface area contributed by atoms with Gasteiger partial charge in [0.1, 0.15) is 5.02 Å². The second-order valence-corrected chi connectivity index (χ2v) is 2.83. The summed E-state index contributed by atoms with van der Waals surface area (Å²) in [6.07, 6.45) is -4.60. The average Bonchev–Trinajstić information content (AvgIpc) is 2.02. The van der Waals surface area contributed by atoms with Crippen molar-refractivity contribution >= 4 is 29.7 Å². The number of hydrogen-bond acceptors (Lipinski definition) is 2. The van der Waals surface area contributed by atoms with Gasteiger partial charge >= 0.3 is 6.18 Å². The number of halogens is 5. The lowest BCUT2D eigenvalue weighted by Gasteiger charge is -2.05. The second-order valence-electron chi connectivity index (χ2n) is 2.42. The number of alkyl halides is 3. The smallest absolute Gasteiger partial charge is 0.258 e. The van der Waals surface area contributed by atoms with Gasteiger partial charge in [0, 0.05) is 6.07 Å². The first-order valence-electron chi connectivity index (χ1n) is 3.33. The molecule has 0 unspecified atom stereocenters. The van der Waals surface area contributed by atoms with E-state index in [9.17, 15) is 23.3 Å². The van der Waals surface area contributed by atoms with Crippen LogP contribution in [0.25, 0.3) is 0 Å². The van der Waals surface area contributed by atoms with Crippen LogP contribution in [0.5, 0.6) is 0 Å². The topological polar surface area (TPSA) is 43.1 Å². The Balaban J connectivity index is 0.00000196. The summed E-state index contributed by atoms with van der Waals surface area (Å²) >= 11 is 5.33. The predicted octanol–water partition coefficient (Wildman–Crippen LogP) is 3.69. The summed E-state index contributed by atoms with van der Waals surface area (Å²) < 4.78 is 36.3. The molecular formula is C7H4Cl2F3NO2. The molecule has 15 heavy (non-hydrogen) atoms. The molecule has 0 N–H and O–H groups in total. The van der Waals surface area contributed by atoms with Crippen molar-refractivity contribution in [3.8, 4) is 0 Å². The van der Waals surface area contributed by atoms with E-state index >= 15 is 0 Å². The number of nitro benzene ring substituents is 1. The standard InChI is InChI=1S/C7H3ClF3NO2.ClH/c8-5-2-1-4(7(9,10)11)3-6(5)12(13)14;/h1-3H;1H. The third-order valence-electron chi connectivity index (χ3n) is 1.47. The normalized spacial score (nSPS) is 10.7. The van der Waals surface area contributed by atoms with Gasteiger partial charge in [-0.1, -0.05) is 11.6 Å². The van der Waals surface area contributed by atoms with Gasteiger partial charge in [0.25, 0.3) is 5.69 Å².